The molecule has 1 aliphatic rings. The number of carbonyl (C=O) groups excluding carboxylic acids is 1. The maximum Gasteiger partial charge on any atom is 0.327 e. The Labute approximate surface area is 121 Å². The lowest BCUT2D eigenvalue weighted by Crippen LogP contribution is -2.61. The first-order chi connectivity index (χ1) is 9.10. The van der Waals surface area contributed by atoms with Crippen molar-refractivity contribution in [3.8, 4) is 0 Å². The van der Waals surface area contributed by atoms with Crippen LogP contribution in [-0.2, 0) is 4.79 Å². The normalized spacial score (nSPS) is 22.4. The van der Waals surface area contributed by atoms with E-state index in [1.54, 1.807) is 0 Å². The molecule has 0 spiro atoms. The van der Waals surface area contributed by atoms with Gasteiger partial charge in [0.25, 0.3) is 0 Å². The van der Waals surface area contributed by atoms with Gasteiger partial charge >= 0.3 is 12.0 Å². The fourth-order valence-corrected chi connectivity index (χ4v) is 3.13. The summed E-state index contributed by atoms with van der Waals surface area (Å²) in [6.45, 7) is 10.4. The minimum Gasteiger partial charge on any atom is -0.480 e. The Morgan fingerprint density at radius 2 is 2.00 bits per heavy atom. The third-order valence-corrected chi connectivity index (χ3v) is 4.09. The first-order valence-electron chi connectivity index (χ1n) is 7.42. The molecule has 0 aromatic carbocycles. The van der Waals surface area contributed by atoms with Crippen LogP contribution in [0.15, 0.2) is 0 Å². The minimum atomic E-state index is -0.918. The van der Waals surface area contributed by atoms with Crippen molar-refractivity contribution in [1.29, 1.82) is 0 Å². The van der Waals surface area contributed by atoms with Crippen molar-refractivity contribution < 1.29 is 14.7 Å². The van der Waals surface area contributed by atoms with Crippen molar-refractivity contribution in [2.45, 2.75) is 71.9 Å². The van der Waals surface area contributed by atoms with Crippen LogP contribution in [0, 0.1) is 5.41 Å². The fraction of sp³-hybridized carbons (Fsp3) is 0.867. The van der Waals surface area contributed by atoms with E-state index >= 15 is 0 Å². The van der Waals surface area contributed by atoms with Crippen LogP contribution < -0.4 is 5.32 Å². The molecule has 0 aromatic rings. The van der Waals surface area contributed by atoms with Crippen LogP contribution in [0.3, 0.4) is 0 Å². The lowest BCUT2D eigenvalue weighted by molar-refractivity contribution is -0.148. The van der Waals surface area contributed by atoms with E-state index in [4.69, 9.17) is 0 Å². The summed E-state index contributed by atoms with van der Waals surface area (Å²) in [6, 6.07) is -1.02. The molecule has 0 aromatic heterocycles. The largest absolute Gasteiger partial charge is 0.480 e. The number of amides is 2. The van der Waals surface area contributed by atoms with Gasteiger partial charge in [-0.2, -0.15) is 0 Å². The number of urea groups is 1. The number of nitrogens with zero attached hydrogens (tertiary/aromatic N) is 1. The molecule has 2 N–H and O–H groups in total. The molecule has 5 nitrogen and oxygen atoms in total. The van der Waals surface area contributed by atoms with Crippen LogP contribution in [0.1, 0.15) is 60.3 Å². The zero-order chi connectivity index (χ0) is 15.6. The molecule has 0 aliphatic carbocycles. The molecule has 116 valence electrons. The zero-order valence-electron chi connectivity index (χ0n) is 13.3. The van der Waals surface area contributed by atoms with E-state index in [0.717, 1.165) is 25.7 Å². The van der Waals surface area contributed by atoms with Gasteiger partial charge in [-0.3, -0.25) is 0 Å². The van der Waals surface area contributed by atoms with Gasteiger partial charge in [0.2, 0.25) is 0 Å². The van der Waals surface area contributed by atoms with Crippen LogP contribution >= 0.6 is 0 Å². The lowest BCUT2D eigenvalue weighted by Gasteiger charge is -2.44. The molecular weight excluding hydrogens is 256 g/mol. The monoisotopic (exact) mass is 284 g/mol. The maximum atomic E-state index is 12.4. The molecule has 1 atom stereocenters. The number of carbonyl (C=O) groups is 2. The average Bonchev–Trinajstić information content (AvgIpc) is 2.25. The molecule has 1 aliphatic heterocycles. The number of rotatable bonds is 4. The van der Waals surface area contributed by atoms with Crippen molar-refractivity contribution in [3.63, 3.8) is 0 Å². The maximum absolute atomic E-state index is 12.4. The van der Waals surface area contributed by atoms with Crippen molar-refractivity contribution in [2.75, 3.05) is 6.54 Å². The molecule has 1 heterocycles. The highest BCUT2D eigenvalue weighted by Crippen LogP contribution is 2.35. The van der Waals surface area contributed by atoms with Crippen molar-refractivity contribution in [3.05, 3.63) is 0 Å². The summed E-state index contributed by atoms with van der Waals surface area (Å²) < 4.78 is 0. The van der Waals surface area contributed by atoms with Crippen LogP contribution in [0.25, 0.3) is 0 Å². The number of carboxylic acid groups (broad SMARTS) is 1. The van der Waals surface area contributed by atoms with Crippen LogP contribution in [-0.4, -0.2) is 40.1 Å². The van der Waals surface area contributed by atoms with Gasteiger partial charge in [0.05, 0.1) is 0 Å². The quantitative estimate of drug-likeness (QED) is 0.834. The molecule has 1 saturated heterocycles. The molecule has 5 heteroatoms. The Kier molecular flexibility index (Phi) is 5.05. The Morgan fingerprint density at radius 3 is 2.50 bits per heavy atom. The van der Waals surface area contributed by atoms with Gasteiger partial charge in [-0.15, -0.1) is 0 Å². The highest BCUT2D eigenvalue weighted by molar-refractivity contribution is 5.84. The van der Waals surface area contributed by atoms with Gasteiger partial charge in [-0.1, -0.05) is 27.2 Å². The Balaban J connectivity index is 2.87. The van der Waals surface area contributed by atoms with Gasteiger partial charge in [-0.25, -0.2) is 9.59 Å². The summed E-state index contributed by atoms with van der Waals surface area (Å²) in [4.78, 5) is 25.5. The number of hydrogen-bond donors (Lipinski definition) is 2. The van der Waals surface area contributed by atoms with Crippen LogP contribution in [0.4, 0.5) is 4.79 Å². The predicted octanol–water partition coefficient (Wildman–Crippen LogP) is 2.85. The molecule has 0 radical (unpaired) electrons. The number of carboxylic acids is 1. The summed E-state index contributed by atoms with van der Waals surface area (Å²) in [7, 11) is 0. The summed E-state index contributed by atoms with van der Waals surface area (Å²) in [5.41, 5.74) is -0.702. The van der Waals surface area contributed by atoms with Gasteiger partial charge in [0.15, 0.2) is 0 Å². The summed E-state index contributed by atoms with van der Waals surface area (Å²) in [6.07, 6.45) is 3.51. The lowest BCUT2D eigenvalue weighted by atomic mass is 9.76. The van der Waals surface area contributed by atoms with Crippen LogP contribution in [0.2, 0.25) is 0 Å². The average molecular weight is 284 g/mol. The molecule has 0 bridgehead atoms. The summed E-state index contributed by atoms with van der Waals surface area (Å²) in [5, 5.41) is 12.4. The van der Waals surface area contributed by atoms with Crippen molar-refractivity contribution in [2.24, 2.45) is 5.41 Å². The molecule has 20 heavy (non-hydrogen) atoms. The summed E-state index contributed by atoms with van der Waals surface area (Å²) >= 11 is 0. The molecular formula is C15H28N2O3. The minimum absolute atomic E-state index is 0.261. The Bertz CT molecular complexity index is 377. The van der Waals surface area contributed by atoms with Gasteiger partial charge < -0.3 is 15.3 Å². The van der Waals surface area contributed by atoms with E-state index in [9.17, 15) is 14.7 Å². The van der Waals surface area contributed by atoms with E-state index in [0.29, 0.717) is 6.54 Å². The van der Waals surface area contributed by atoms with E-state index < -0.39 is 17.4 Å². The smallest absolute Gasteiger partial charge is 0.327 e. The standard InChI is InChI=1S/C15H28N2O3/c1-6-8-15(4,5)16-13(20)17-10-7-9-14(2,3)11(17)12(18)19/h11H,6-10H2,1-5H3,(H,16,20)(H,18,19). The molecule has 1 rings (SSSR count). The fourth-order valence-electron chi connectivity index (χ4n) is 3.13. The first kappa shape index (κ1) is 16.8. The van der Waals surface area contributed by atoms with E-state index in [1.807, 2.05) is 27.7 Å². The number of nitrogens with one attached hydrogen (secondary N) is 1. The van der Waals surface area contributed by atoms with Gasteiger partial charge in [0.1, 0.15) is 6.04 Å². The second-order valence-electron chi connectivity index (χ2n) is 7.09. The van der Waals surface area contributed by atoms with Gasteiger partial charge in [-0.05, 0) is 38.5 Å². The van der Waals surface area contributed by atoms with Crippen molar-refractivity contribution >= 4 is 12.0 Å². The molecule has 2 amide bonds. The number of aliphatic carboxylic acids is 1. The highest BCUT2D eigenvalue weighted by atomic mass is 16.4. The topological polar surface area (TPSA) is 69.6 Å². The van der Waals surface area contributed by atoms with Crippen LogP contribution in [0.5, 0.6) is 0 Å². The Morgan fingerprint density at radius 1 is 1.40 bits per heavy atom. The van der Waals surface area contributed by atoms with E-state index in [-0.39, 0.29) is 11.6 Å². The third-order valence-electron chi connectivity index (χ3n) is 4.09. The number of hydrogen-bond acceptors (Lipinski definition) is 2. The second-order valence-corrected chi connectivity index (χ2v) is 7.09. The second kappa shape index (κ2) is 6.02. The SMILES string of the molecule is CCCC(C)(C)NC(=O)N1CCCC(C)(C)C1C(=O)O. The predicted molar refractivity (Wildman–Crippen MR) is 78.7 cm³/mol. The van der Waals surface area contributed by atoms with Gasteiger partial charge in [0, 0.05) is 12.1 Å². The highest BCUT2D eigenvalue weighted by Gasteiger charge is 2.45. The number of piperidine rings is 1. The van der Waals surface area contributed by atoms with E-state index in [1.165, 1.54) is 4.90 Å². The Hall–Kier alpha value is -1.26. The molecule has 1 unspecified atom stereocenters. The molecule has 1 fully saturated rings. The first-order valence-corrected chi connectivity index (χ1v) is 7.42. The van der Waals surface area contributed by atoms with E-state index in [2.05, 4.69) is 12.2 Å². The summed E-state index contributed by atoms with van der Waals surface area (Å²) in [5.74, 6) is -0.918. The molecule has 0 saturated carbocycles. The zero-order valence-corrected chi connectivity index (χ0v) is 13.3. The third kappa shape index (κ3) is 3.87. The van der Waals surface area contributed by atoms with Crippen molar-refractivity contribution in [1.82, 2.24) is 10.2 Å². The number of likely N-dealkylation sites (tertiary alicyclic amines) is 1.